The van der Waals surface area contributed by atoms with Gasteiger partial charge in [0.05, 0.1) is 18.4 Å². The number of halogens is 1. The Labute approximate surface area is 162 Å². The van der Waals surface area contributed by atoms with Gasteiger partial charge in [0.15, 0.2) is 0 Å². The summed E-state index contributed by atoms with van der Waals surface area (Å²) in [5, 5.41) is 3.29. The minimum atomic E-state index is -0.295. The molecule has 2 amide bonds. The predicted octanol–water partition coefficient (Wildman–Crippen LogP) is 2.66. The molecule has 2 heterocycles. The lowest BCUT2D eigenvalue weighted by Crippen LogP contribution is -2.48. The second kappa shape index (κ2) is 8.26. The number of piperazine rings is 1. The van der Waals surface area contributed by atoms with E-state index in [1.54, 1.807) is 37.4 Å². The van der Waals surface area contributed by atoms with Crippen molar-refractivity contribution in [2.75, 3.05) is 43.5 Å². The molecule has 0 bridgehead atoms. The largest absolute Gasteiger partial charge is 0.495 e. The van der Waals surface area contributed by atoms with Gasteiger partial charge in [0, 0.05) is 44.3 Å². The number of methoxy groups -OCH3 is 1. The first kappa shape index (κ1) is 19.0. The lowest BCUT2D eigenvalue weighted by atomic mass is 10.2. The van der Waals surface area contributed by atoms with Crippen molar-refractivity contribution in [1.29, 1.82) is 0 Å². The van der Waals surface area contributed by atoms with Gasteiger partial charge < -0.3 is 19.9 Å². The highest BCUT2D eigenvalue weighted by Crippen LogP contribution is 2.28. The Morgan fingerprint density at radius 3 is 2.48 bits per heavy atom. The third-order valence-electron chi connectivity index (χ3n) is 4.47. The van der Waals surface area contributed by atoms with Gasteiger partial charge in [-0.3, -0.25) is 9.59 Å². The van der Waals surface area contributed by atoms with E-state index < -0.39 is 0 Å². The Kier molecular flexibility index (Phi) is 5.81. The Morgan fingerprint density at radius 2 is 1.89 bits per heavy atom. The van der Waals surface area contributed by atoms with Gasteiger partial charge in [0.1, 0.15) is 11.6 Å². The number of hydrogen-bond donors (Lipinski definition) is 1. The molecule has 7 nitrogen and oxygen atoms in total. The summed E-state index contributed by atoms with van der Waals surface area (Å²) in [6.45, 7) is 4.37. The van der Waals surface area contributed by atoms with Gasteiger partial charge >= 0.3 is 0 Å². The molecule has 1 aromatic carbocycles. The van der Waals surface area contributed by atoms with Crippen LogP contribution in [0.3, 0.4) is 0 Å². The zero-order valence-electron chi connectivity index (χ0n) is 15.2. The molecule has 0 atom stereocenters. The molecule has 1 fully saturated rings. The number of ether oxygens (including phenoxy) is 1. The van der Waals surface area contributed by atoms with Crippen molar-refractivity contribution in [3.63, 3.8) is 0 Å². The van der Waals surface area contributed by atoms with Crippen LogP contribution in [0.2, 0.25) is 5.02 Å². The van der Waals surface area contributed by atoms with Gasteiger partial charge in [-0.25, -0.2) is 4.98 Å². The van der Waals surface area contributed by atoms with Crippen molar-refractivity contribution < 1.29 is 14.3 Å². The van der Waals surface area contributed by atoms with Crippen LogP contribution in [0.15, 0.2) is 36.5 Å². The Balaban J connectivity index is 1.66. The maximum Gasteiger partial charge on any atom is 0.257 e. The van der Waals surface area contributed by atoms with Crippen LogP contribution in [0.5, 0.6) is 5.75 Å². The van der Waals surface area contributed by atoms with E-state index in [2.05, 4.69) is 15.2 Å². The summed E-state index contributed by atoms with van der Waals surface area (Å²) in [5.41, 5.74) is 0.933. The Bertz CT molecular complexity index is 833. The smallest absolute Gasteiger partial charge is 0.257 e. The Morgan fingerprint density at radius 1 is 1.15 bits per heavy atom. The number of pyridine rings is 1. The summed E-state index contributed by atoms with van der Waals surface area (Å²) in [6.07, 6.45) is 1.54. The highest BCUT2D eigenvalue weighted by Gasteiger charge is 2.20. The molecule has 1 aromatic heterocycles. The molecule has 142 valence electrons. The van der Waals surface area contributed by atoms with Crippen molar-refractivity contribution in [2.24, 2.45) is 0 Å². The van der Waals surface area contributed by atoms with Crippen LogP contribution in [0.4, 0.5) is 11.5 Å². The number of nitrogens with one attached hydrogen (secondary N) is 1. The first-order chi connectivity index (χ1) is 13.0. The van der Waals surface area contributed by atoms with E-state index >= 15 is 0 Å². The fourth-order valence-electron chi connectivity index (χ4n) is 2.93. The molecule has 0 spiro atoms. The summed E-state index contributed by atoms with van der Waals surface area (Å²) in [4.78, 5) is 32.2. The van der Waals surface area contributed by atoms with Crippen molar-refractivity contribution in [2.45, 2.75) is 6.92 Å². The van der Waals surface area contributed by atoms with E-state index in [4.69, 9.17) is 16.3 Å². The minimum Gasteiger partial charge on any atom is -0.495 e. The van der Waals surface area contributed by atoms with E-state index in [-0.39, 0.29) is 11.8 Å². The topological polar surface area (TPSA) is 74.8 Å². The number of anilines is 2. The van der Waals surface area contributed by atoms with Crippen LogP contribution in [-0.4, -0.2) is 55.0 Å². The molecule has 0 saturated carbocycles. The number of hydrogen-bond acceptors (Lipinski definition) is 5. The van der Waals surface area contributed by atoms with Gasteiger partial charge in [-0.2, -0.15) is 0 Å². The third kappa shape index (κ3) is 4.49. The first-order valence-electron chi connectivity index (χ1n) is 8.59. The van der Waals surface area contributed by atoms with Crippen molar-refractivity contribution in [3.8, 4) is 5.75 Å². The van der Waals surface area contributed by atoms with E-state index in [0.29, 0.717) is 35.1 Å². The molecule has 0 radical (unpaired) electrons. The molecule has 0 unspecified atom stereocenters. The maximum absolute atomic E-state index is 12.5. The molecule has 1 N–H and O–H groups in total. The van der Waals surface area contributed by atoms with Gasteiger partial charge in [-0.1, -0.05) is 11.6 Å². The molecule has 3 rings (SSSR count). The fraction of sp³-hybridized carbons (Fsp3) is 0.316. The normalized spacial score (nSPS) is 14.0. The van der Waals surface area contributed by atoms with Crippen LogP contribution >= 0.6 is 11.6 Å². The van der Waals surface area contributed by atoms with Crippen LogP contribution in [0.1, 0.15) is 17.3 Å². The maximum atomic E-state index is 12.5. The highest BCUT2D eigenvalue weighted by atomic mass is 35.5. The lowest BCUT2D eigenvalue weighted by Gasteiger charge is -2.34. The second-order valence-corrected chi connectivity index (χ2v) is 6.63. The summed E-state index contributed by atoms with van der Waals surface area (Å²) in [6, 6.07) is 8.56. The van der Waals surface area contributed by atoms with Crippen molar-refractivity contribution in [3.05, 3.63) is 47.1 Å². The predicted molar refractivity (Wildman–Crippen MR) is 105 cm³/mol. The minimum absolute atomic E-state index is 0.0890. The summed E-state index contributed by atoms with van der Waals surface area (Å²) < 4.78 is 5.24. The number of amides is 2. The van der Waals surface area contributed by atoms with Crippen molar-refractivity contribution in [1.82, 2.24) is 9.88 Å². The molecule has 1 aliphatic rings. The molecule has 1 aliphatic heterocycles. The van der Waals surface area contributed by atoms with Crippen LogP contribution in [-0.2, 0) is 4.79 Å². The lowest BCUT2D eigenvalue weighted by molar-refractivity contribution is -0.129. The average molecular weight is 389 g/mol. The molecule has 1 saturated heterocycles. The number of carbonyl (C=O) groups excluding carboxylic acids is 2. The van der Waals surface area contributed by atoms with E-state index in [1.807, 2.05) is 11.0 Å². The van der Waals surface area contributed by atoms with Gasteiger partial charge in [0.25, 0.3) is 5.91 Å². The Hall–Kier alpha value is -2.80. The molecule has 8 heteroatoms. The standard InChI is InChI=1S/C19H21ClN4O3/c1-13(25)23-7-9-24(10-8-23)18-6-3-14(12-21-18)19(26)22-16-11-15(20)4-5-17(16)27-2/h3-6,11-12H,7-10H2,1-2H3,(H,22,26). The quantitative estimate of drug-likeness (QED) is 0.871. The van der Waals surface area contributed by atoms with Crippen LogP contribution < -0.4 is 15.0 Å². The number of carbonyl (C=O) groups is 2. The van der Waals surface area contributed by atoms with E-state index in [1.165, 1.54) is 7.11 Å². The molecule has 27 heavy (non-hydrogen) atoms. The molecule has 0 aliphatic carbocycles. The number of nitrogens with zero attached hydrogens (tertiary/aromatic N) is 3. The third-order valence-corrected chi connectivity index (χ3v) is 4.70. The molecule has 2 aromatic rings. The van der Waals surface area contributed by atoms with Gasteiger partial charge in [-0.15, -0.1) is 0 Å². The van der Waals surface area contributed by atoms with Gasteiger partial charge in [0.2, 0.25) is 5.91 Å². The zero-order valence-corrected chi connectivity index (χ0v) is 16.0. The number of benzene rings is 1. The second-order valence-electron chi connectivity index (χ2n) is 6.20. The van der Waals surface area contributed by atoms with Crippen LogP contribution in [0, 0.1) is 0 Å². The summed E-state index contributed by atoms with van der Waals surface area (Å²) in [5.74, 6) is 1.11. The number of rotatable bonds is 4. The highest BCUT2D eigenvalue weighted by molar-refractivity contribution is 6.31. The fourth-order valence-corrected chi connectivity index (χ4v) is 3.10. The van der Waals surface area contributed by atoms with Gasteiger partial charge in [-0.05, 0) is 30.3 Å². The molecular weight excluding hydrogens is 368 g/mol. The van der Waals surface area contributed by atoms with Crippen LogP contribution in [0.25, 0.3) is 0 Å². The van der Waals surface area contributed by atoms with E-state index in [9.17, 15) is 9.59 Å². The summed E-state index contributed by atoms with van der Waals surface area (Å²) in [7, 11) is 1.53. The zero-order chi connectivity index (χ0) is 19.4. The van der Waals surface area contributed by atoms with Crippen molar-refractivity contribution >= 4 is 34.9 Å². The SMILES string of the molecule is COc1ccc(Cl)cc1NC(=O)c1ccc(N2CCN(C(C)=O)CC2)nc1. The first-order valence-corrected chi connectivity index (χ1v) is 8.97. The number of aromatic nitrogens is 1. The molecular formula is C19H21ClN4O3. The average Bonchev–Trinajstić information content (AvgIpc) is 2.68. The monoisotopic (exact) mass is 388 g/mol. The van der Waals surface area contributed by atoms with E-state index in [0.717, 1.165) is 18.9 Å². The summed E-state index contributed by atoms with van der Waals surface area (Å²) >= 11 is 5.99.